The molecular formula is C16H15N3O3. The van der Waals surface area contributed by atoms with Gasteiger partial charge in [-0.15, -0.1) is 0 Å². The molecule has 6 nitrogen and oxygen atoms in total. The van der Waals surface area contributed by atoms with E-state index in [9.17, 15) is 4.79 Å². The number of carbonyl (C=O) groups is 1. The first-order chi connectivity index (χ1) is 10.8. The van der Waals surface area contributed by atoms with E-state index in [1.54, 1.807) is 12.3 Å². The standard InChI is InChI=1S/C16H15N3O3/c1-21-16-10-11(22-19-16)7-8-15(20)18-14-6-2-5-13-12(14)4-3-9-17-13/h2-6,9-10H,7-8H2,1H3,(H,18,20). The Kier molecular flexibility index (Phi) is 4.00. The van der Waals surface area contributed by atoms with E-state index < -0.39 is 0 Å². The number of rotatable bonds is 5. The molecule has 6 heteroatoms. The minimum Gasteiger partial charge on any atom is -0.479 e. The summed E-state index contributed by atoms with van der Waals surface area (Å²) in [5.41, 5.74) is 1.60. The van der Waals surface area contributed by atoms with E-state index in [0.29, 0.717) is 24.5 Å². The number of hydrogen-bond acceptors (Lipinski definition) is 5. The molecule has 0 aliphatic carbocycles. The molecule has 0 unspecified atom stereocenters. The number of carbonyl (C=O) groups excluding carboxylic acids is 1. The lowest BCUT2D eigenvalue weighted by Gasteiger charge is -2.07. The Labute approximate surface area is 127 Å². The molecule has 0 fully saturated rings. The summed E-state index contributed by atoms with van der Waals surface area (Å²) in [6, 6.07) is 11.1. The van der Waals surface area contributed by atoms with Gasteiger partial charge < -0.3 is 14.6 Å². The molecule has 0 radical (unpaired) electrons. The summed E-state index contributed by atoms with van der Waals surface area (Å²) < 4.78 is 9.99. The van der Waals surface area contributed by atoms with Gasteiger partial charge in [0.05, 0.1) is 18.3 Å². The van der Waals surface area contributed by atoms with E-state index >= 15 is 0 Å². The SMILES string of the molecule is COc1cc(CCC(=O)Nc2cccc3ncccc23)on1. The van der Waals surface area contributed by atoms with Crippen LogP contribution < -0.4 is 10.1 Å². The van der Waals surface area contributed by atoms with E-state index in [0.717, 1.165) is 16.6 Å². The monoisotopic (exact) mass is 297 g/mol. The fourth-order valence-corrected chi connectivity index (χ4v) is 2.17. The lowest BCUT2D eigenvalue weighted by Crippen LogP contribution is -2.12. The van der Waals surface area contributed by atoms with Gasteiger partial charge in [0.25, 0.3) is 5.88 Å². The number of nitrogens with zero attached hydrogens (tertiary/aromatic N) is 2. The van der Waals surface area contributed by atoms with Gasteiger partial charge in [0.15, 0.2) is 0 Å². The average Bonchev–Trinajstić information content (AvgIpc) is 3.01. The van der Waals surface area contributed by atoms with Crippen molar-refractivity contribution in [3.63, 3.8) is 0 Å². The number of hydrogen-bond donors (Lipinski definition) is 1. The van der Waals surface area contributed by atoms with Gasteiger partial charge in [-0.05, 0) is 29.4 Å². The maximum absolute atomic E-state index is 12.1. The van der Waals surface area contributed by atoms with Crippen LogP contribution in [0.25, 0.3) is 10.9 Å². The van der Waals surface area contributed by atoms with Gasteiger partial charge in [-0.1, -0.05) is 6.07 Å². The van der Waals surface area contributed by atoms with Gasteiger partial charge in [-0.2, -0.15) is 0 Å². The summed E-state index contributed by atoms with van der Waals surface area (Å²) in [6.45, 7) is 0. The van der Waals surface area contributed by atoms with Crippen molar-refractivity contribution >= 4 is 22.5 Å². The molecule has 2 heterocycles. The number of benzene rings is 1. The highest BCUT2D eigenvalue weighted by Crippen LogP contribution is 2.21. The number of ether oxygens (including phenoxy) is 1. The molecule has 1 N–H and O–H groups in total. The molecule has 0 saturated carbocycles. The second-order valence-corrected chi connectivity index (χ2v) is 4.76. The van der Waals surface area contributed by atoms with Crippen LogP contribution in [0.1, 0.15) is 12.2 Å². The van der Waals surface area contributed by atoms with Crippen LogP contribution in [-0.4, -0.2) is 23.2 Å². The van der Waals surface area contributed by atoms with Crippen LogP contribution in [-0.2, 0) is 11.2 Å². The number of fused-ring (bicyclic) bond motifs is 1. The van der Waals surface area contributed by atoms with Gasteiger partial charge in [-0.3, -0.25) is 9.78 Å². The summed E-state index contributed by atoms with van der Waals surface area (Å²) in [5, 5.41) is 7.52. The number of anilines is 1. The van der Waals surface area contributed by atoms with Crippen molar-refractivity contribution in [1.29, 1.82) is 0 Å². The Balaban J connectivity index is 1.65. The van der Waals surface area contributed by atoms with Gasteiger partial charge in [0.2, 0.25) is 5.91 Å². The van der Waals surface area contributed by atoms with Crippen molar-refractivity contribution in [1.82, 2.24) is 10.1 Å². The molecule has 2 aromatic heterocycles. The summed E-state index contributed by atoms with van der Waals surface area (Å²) in [6.07, 6.45) is 2.49. The molecule has 3 aromatic rings. The number of aromatic nitrogens is 2. The highest BCUT2D eigenvalue weighted by atomic mass is 16.5. The van der Waals surface area contributed by atoms with E-state index in [2.05, 4.69) is 15.5 Å². The summed E-state index contributed by atoms with van der Waals surface area (Å²) >= 11 is 0. The third-order valence-electron chi connectivity index (χ3n) is 3.26. The van der Waals surface area contributed by atoms with E-state index in [4.69, 9.17) is 9.26 Å². The molecule has 22 heavy (non-hydrogen) atoms. The van der Waals surface area contributed by atoms with Crippen molar-refractivity contribution in [3.8, 4) is 5.88 Å². The number of amides is 1. The summed E-state index contributed by atoms with van der Waals surface area (Å²) in [4.78, 5) is 16.3. The fraction of sp³-hybridized carbons (Fsp3) is 0.188. The first-order valence-electron chi connectivity index (χ1n) is 6.89. The Hall–Kier alpha value is -2.89. The Morgan fingerprint density at radius 3 is 3.05 bits per heavy atom. The zero-order chi connectivity index (χ0) is 15.4. The second kappa shape index (κ2) is 6.26. The van der Waals surface area contributed by atoms with Crippen molar-refractivity contribution in [2.45, 2.75) is 12.8 Å². The molecule has 0 atom stereocenters. The van der Waals surface area contributed by atoms with Crippen LogP contribution in [0.5, 0.6) is 5.88 Å². The fourth-order valence-electron chi connectivity index (χ4n) is 2.17. The maximum atomic E-state index is 12.1. The van der Waals surface area contributed by atoms with Gasteiger partial charge >= 0.3 is 0 Å². The largest absolute Gasteiger partial charge is 0.479 e. The van der Waals surface area contributed by atoms with E-state index in [1.165, 1.54) is 7.11 Å². The van der Waals surface area contributed by atoms with Crippen LogP contribution in [0.4, 0.5) is 5.69 Å². The molecule has 0 bridgehead atoms. The lowest BCUT2D eigenvalue weighted by atomic mass is 10.1. The lowest BCUT2D eigenvalue weighted by molar-refractivity contribution is -0.116. The molecule has 112 valence electrons. The Bertz CT molecular complexity index is 793. The minimum atomic E-state index is -0.0910. The molecule has 0 aliphatic rings. The van der Waals surface area contributed by atoms with Gasteiger partial charge in [0.1, 0.15) is 5.76 Å². The van der Waals surface area contributed by atoms with E-state index in [1.807, 2.05) is 30.3 Å². The zero-order valence-electron chi connectivity index (χ0n) is 12.1. The quantitative estimate of drug-likeness (QED) is 0.783. The topological polar surface area (TPSA) is 77.2 Å². The maximum Gasteiger partial charge on any atom is 0.254 e. The minimum absolute atomic E-state index is 0.0910. The van der Waals surface area contributed by atoms with E-state index in [-0.39, 0.29) is 5.91 Å². The highest BCUT2D eigenvalue weighted by molar-refractivity contribution is 6.00. The van der Waals surface area contributed by atoms with Crippen LogP contribution in [0, 0.1) is 0 Å². The first-order valence-corrected chi connectivity index (χ1v) is 6.89. The number of nitrogens with one attached hydrogen (secondary N) is 1. The highest BCUT2D eigenvalue weighted by Gasteiger charge is 2.09. The van der Waals surface area contributed by atoms with Crippen LogP contribution >= 0.6 is 0 Å². The van der Waals surface area contributed by atoms with Crippen molar-refractivity contribution < 1.29 is 14.1 Å². The van der Waals surface area contributed by atoms with Crippen LogP contribution in [0.3, 0.4) is 0 Å². The summed E-state index contributed by atoms with van der Waals surface area (Å²) in [5.74, 6) is 0.939. The first kappa shape index (κ1) is 14.1. The Morgan fingerprint density at radius 1 is 1.32 bits per heavy atom. The third kappa shape index (κ3) is 3.06. The van der Waals surface area contributed by atoms with Crippen LogP contribution in [0.15, 0.2) is 47.1 Å². The molecule has 0 spiro atoms. The van der Waals surface area contributed by atoms with Gasteiger partial charge in [-0.25, -0.2) is 0 Å². The van der Waals surface area contributed by atoms with Crippen molar-refractivity contribution in [2.24, 2.45) is 0 Å². The van der Waals surface area contributed by atoms with Crippen molar-refractivity contribution in [3.05, 3.63) is 48.4 Å². The predicted molar refractivity (Wildman–Crippen MR) is 81.7 cm³/mol. The second-order valence-electron chi connectivity index (χ2n) is 4.76. The average molecular weight is 297 g/mol. The molecule has 1 aromatic carbocycles. The third-order valence-corrected chi connectivity index (χ3v) is 3.26. The number of pyridine rings is 1. The molecule has 0 saturated heterocycles. The van der Waals surface area contributed by atoms with Gasteiger partial charge in [0, 0.05) is 30.5 Å². The normalized spacial score (nSPS) is 10.6. The molecule has 0 aliphatic heterocycles. The number of methoxy groups -OCH3 is 1. The summed E-state index contributed by atoms with van der Waals surface area (Å²) in [7, 11) is 1.52. The van der Waals surface area contributed by atoms with Crippen LogP contribution in [0.2, 0.25) is 0 Å². The molecule has 1 amide bonds. The smallest absolute Gasteiger partial charge is 0.254 e. The predicted octanol–water partition coefficient (Wildman–Crippen LogP) is 2.80. The molecular weight excluding hydrogens is 282 g/mol. The zero-order valence-corrected chi connectivity index (χ0v) is 12.1. The number of aryl methyl sites for hydroxylation is 1. The molecule has 3 rings (SSSR count). The van der Waals surface area contributed by atoms with Crippen molar-refractivity contribution in [2.75, 3.05) is 12.4 Å². The Morgan fingerprint density at radius 2 is 2.23 bits per heavy atom.